The number of carboxylic acids is 1. The van der Waals surface area contributed by atoms with Crippen LogP contribution in [0.1, 0.15) is 32.6 Å². The Hall–Kier alpha value is -5.46. The van der Waals surface area contributed by atoms with E-state index in [1.54, 1.807) is 44.4 Å². The molecular weight excluding hydrogens is 751 g/mol. The lowest BCUT2D eigenvalue weighted by Gasteiger charge is -2.17. The number of carbonyl (C=O) groups is 2. The van der Waals surface area contributed by atoms with Gasteiger partial charge in [-0.2, -0.15) is 0 Å². The fourth-order valence-corrected chi connectivity index (χ4v) is 6.65. The van der Waals surface area contributed by atoms with Crippen molar-refractivity contribution in [2.24, 2.45) is 14.1 Å². The molecule has 4 aromatic rings. The first-order chi connectivity index (χ1) is 26.8. The van der Waals surface area contributed by atoms with Crippen molar-refractivity contribution in [3.8, 4) is 34.5 Å². The summed E-state index contributed by atoms with van der Waals surface area (Å²) in [4.78, 5) is 37.4. The van der Waals surface area contributed by atoms with E-state index in [1.807, 2.05) is 18.9 Å². The summed E-state index contributed by atoms with van der Waals surface area (Å²) in [7, 11) is 3.72. The number of benzene rings is 3. The first-order valence-corrected chi connectivity index (χ1v) is 19.5. The molecule has 56 heavy (non-hydrogen) atoms. The van der Waals surface area contributed by atoms with Crippen LogP contribution in [-0.4, -0.2) is 107 Å². The van der Waals surface area contributed by atoms with Gasteiger partial charge in [0.1, 0.15) is 17.2 Å². The molecule has 0 atom stereocenters. The molecule has 0 saturated heterocycles. The number of ether oxygens (including phenoxy) is 6. The Labute approximate surface area is 326 Å². The molecule has 18 heteroatoms. The number of hydrogen-bond donors (Lipinski definition) is 3. The molecule has 0 saturated carbocycles. The number of carbonyl (C=O) groups excluding carboxylic acids is 1. The maximum absolute atomic E-state index is 13.7. The minimum absolute atomic E-state index is 0.0812. The van der Waals surface area contributed by atoms with Crippen LogP contribution in [-0.2, 0) is 38.4 Å². The monoisotopic (exact) mass is 801 g/mol. The molecule has 0 radical (unpaired) electrons. The lowest BCUT2D eigenvalue weighted by Crippen LogP contribution is -2.37. The molecule has 0 bridgehead atoms. The highest BCUT2D eigenvalue weighted by Crippen LogP contribution is 2.38. The Morgan fingerprint density at radius 1 is 0.821 bits per heavy atom. The zero-order chi connectivity index (χ0) is 40.8. The maximum atomic E-state index is 13.7. The fourth-order valence-electron chi connectivity index (χ4n) is 5.57. The molecule has 3 aromatic carbocycles. The Kier molecular flexibility index (Phi) is 15.8. The van der Waals surface area contributed by atoms with E-state index in [9.17, 15) is 22.8 Å². The van der Waals surface area contributed by atoms with Crippen LogP contribution in [0.5, 0.6) is 34.5 Å². The zero-order valence-electron chi connectivity index (χ0n) is 32.6. The number of fused-ring (bicyclic) bond motifs is 1. The third-order valence-corrected chi connectivity index (χ3v) is 9.85. The predicted molar refractivity (Wildman–Crippen MR) is 209 cm³/mol. The number of aliphatic carboxylic acids is 1. The van der Waals surface area contributed by atoms with Gasteiger partial charge < -0.3 is 38.8 Å². The van der Waals surface area contributed by atoms with E-state index in [4.69, 9.17) is 33.5 Å². The molecule has 0 unspecified atom stereocenters. The van der Waals surface area contributed by atoms with Crippen molar-refractivity contribution >= 4 is 38.6 Å². The molecule has 1 amide bonds. The highest BCUT2D eigenvalue weighted by Gasteiger charge is 2.22. The van der Waals surface area contributed by atoms with Crippen molar-refractivity contribution in [3.63, 3.8) is 0 Å². The SMILES string of the molecule is CCCOc1cc(OCCCCN(C)CC(=O)NCCOCCC(=O)O)cc(Oc2cc3c(cc2NS(=O)(=O)c2ccc(OC)c(OC)c2)n(C)c(=O)n3C)c1. The normalized spacial score (nSPS) is 11.4. The van der Waals surface area contributed by atoms with Gasteiger partial charge in [-0.3, -0.25) is 28.3 Å². The number of unbranched alkanes of at least 4 members (excludes halogenated alkanes) is 1. The van der Waals surface area contributed by atoms with Crippen LogP contribution in [0.3, 0.4) is 0 Å². The van der Waals surface area contributed by atoms with Gasteiger partial charge in [0.2, 0.25) is 5.91 Å². The number of anilines is 1. The van der Waals surface area contributed by atoms with E-state index in [-0.39, 0.29) is 59.9 Å². The summed E-state index contributed by atoms with van der Waals surface area (Å²) < 4.78 is 67.1. The standard InChI is InChI=1S/C38H51N5O12S/c1-7-15-53-26-19-27(54-16-9-8-14-41(2)25-36(44)39-13-18-52-17-12-37(45)46)21-28(20-26)55-34-24-32-31(42(3)38(47)43(32)4)23-30(34)40-56(48,49)29-10-11-33(50-5)35(22-29)51-6/h10-11,19-24,40H,7-9,12-18,25H2,1-6H3,(H,39,44)(H,45,46). The van der Waals surface area contributed by atoms with Gasteiger partial charge in [0, 0.05) is 51.0 Å². The van der Waals surface area contributed by atoms with Crippen molar-refractivity contribution in [2.45, 2.75) is 37.5 Å². The van der Waals surface area contributed by atoms with Crippen LogP contribution in [0.4, 0.5) is 5.69 Å². The van der Waals surface area contributed by atoms with Crippen LogP contribution in [0.15, 0.2) is 58.2 Å². The first kappa shape index (κ1) is 43.3. The van der Waals surface area contributed by atoms with Gasteiger partial charge in [0.15, 0.2) is 17.2 Å². The van der Waals surface area contributed by atoms with Crippen molar-refractivity contribution in [1.82, 2.24) is 19.4 Å². The Balaban J connectivity index is 1.47. The van der Waals surface area contributed by atoms with Crippen LogP contribution in [0.2, 0.25) is 0 Å². The summed E-state index contributed by atoms with van der Waals surface area (Å²) >= 11 is 0. The second-order valence-corrected chi connectivity index (χ2v) is 14.5. The summed E-state index contributed by atoms with van der Waals surface area (Å²) in [6, 6.07) is 12.4. The molecule has 0 aliphatic heterocycles. The summed E-state index contributed by atoms with van der Waals surface area (Å²) in [6.45, 7) is 4.25. The topological polar surface area (TPSA) is 198 Å². The summed E-state index contributed by atoms with van der Waals surface area (Å²) in [6.07, 6.45) is 2.10. The summed E-state index contributed by atoms with van der Waals surface area (Å²) in [5.74, 6) is 0.878. The number of amides is 1. The van der Waals surface area contributed by atoms with Gasteiger partial charge in [0.05, 0.1) is 75.2 Å². The van der Waals surface area contributed by atoms with Gasteiger partial charge in [-0.05, 0) is 51.1 Å². The number of aromatic nitrogens is 2. The first-order valence-electron chi connectivity index (χ1n) is 18.0. The summed E-state index contributed by atoms with van der Waals surface area (Å²) in [5.41, 5.74) is 0.770. The number of nitrogens with one attached hydrogen (secondary N) is 2. The number of hydrogen-bond acceptors (Lipinski definition) is 12. The lowest BCUT2D eigenvalue weighted by molar-refractivity contribution is -0.138. The van der Waals surface area contributed by atoms with Gasteiger partial charge in [-0.1, -0.05) is 6.92 Å². The minimum Gasteiger partial charge on any atom is -0.493 e. The molecule has 1 heterocycles. The molecule has 0 fully saturated rings. The van der Waals surface area contributed by atoms with E-state index >= 15 is 0 Å². The third kappa shape index (κ3) is 12.0. The van der Waals surface area contributed by atoms with Crippen molar-refractivity contribution in [3.05, 3.63) is 59.0 Å². The van der Waals surface area contributed by atoms with Crippen molar-refractivity contribution < 1.29 is 51.5 Å². The summed E-state index contributed by atoms with van der Waals surface area (Å²) in [5, 5.41) is 11.4. The van der Waals surface area contributed by atoms with Crippen LogP contribution in [0, 0.1) is 0 Å². The van der Waals surface area contributed by atoms with Crippen LogP contribution < -0.4 is 39.4 Å². The average Bonchev–Trinajstić information content (AvgIpc) is 3.36. The molecule has 3 N–H and O–H groups in total. The Bertz CT molecular complexity index is 2130. The van der Waals surface area contributed by atoms with Gasteiger partial charge in [-0.25, -0.2) is 13.2 Å². The smallest absolute Gasteiger partial charge is 0.328 e. The van der Waals surface area contributed by atoms with Crippen LogP contribution in [0.25, 0.3) is 11.0 Å². The number of carboxylic acid groups (broad SMARTS) is 1. The average molecular weight is 802 g/mol. The predicted octanol–water partition coefficient (Wildman–Crippen LogP) is 3.97. The zero-order valence-corrected chi connectivity index (χ0v) is 33.4. The quantitative estimate of drug-likeness (QED) is 0.0862. The molecular formula is C38H51N5O12S. The maximum Gasteiger partial charge on any atom is 0.328 e. The number of rotatable bonds is 24. The second-order valence-electron chi connectivity index (χ2n) is 12.9. The van der Waals surface area contributed by atoms with E-state index in [0.29, 0.717) is 66.8 Å². The number of imidazole rings is 1. The number of likely N-dealkylation sites (N-methyl/N-ethyl adjacent to an activating group) is 1. The molecule has 4 rings (SSSR count). The van der Waals surface area contributed by atoms with Crippen LogP contribution >= 0.6 is 0 Å². The van der Waals surface area contributed by atoms with E-state index in [0.717, 1.165) is 12.8 Å². The van der Waals surface area contributed by atoms with Gasteiger partial charge >= 0.3 is 11.7 Å². The minimum atomic E-state index is -4.20. The Morgan fingerprint density at radius 2 is 1.48 bits per heavy atom. The molecule has 0 aliphatic carbocycles. The molecule has 0 aliphatic rings. The number of aryl methyl sites for hydroxylation is 2. The number of sulfonamides is 1. The molecule has 1 aromatic heterocycles. The molecule has 0 spiro atoms. The third-order valence-electron chi connectivity index (χ3n) is 8.48. The van der Waals surface area contributed by atoms with E-state index < -0.39 is 16.0 Å². The van der Waals surface area contributed by atoms with E-state index in [1.165, 1.54) is 41.6 Å². The van der Waals surface area contributed by atoms with Crippen molar-refractivity contribution in [2.75, 3.05) is 72.1 Å². The van der Waals surface area contributed by atoms with Gasteiger partial charge in [0.25, 0.3) is 10.0 Å². The van der Waals surface area contributed by atoms with E-state index in [2.05, 4.69) is 10.0 Å². The molecule has 306 valence electrons. The number of nitrogens with zero attached hydrogens (tertiary/aromatic N) is 3. The fraction of sp³-hybridized carbons (Fsp3) is 0.447. The number of methoxy groups -OCH3 is 2. The Morgan fingerprint density at radius 3 is 2.14 bits per heavy atom. The van der Waals surface area contributed by atoms with Crippen molar-refractivity contribution in [1.29, 1.82) is 0 Å². The lowest BCUT2D eigenvalue weighted by atomic mass is 10.2. The largest absolute Gasteiger partial charge is 0.493 e. The second kappa shape index (κ2) is 20.5. The highest BCUT2D eigenvalue weighted by atomic mass is 32.2. The van der Waals surface area contributed by atoms with Gasteiger partial charge in [-0.15, -0.1) is 0 Å². The molecule has 17 nitrogen and oxygen atoms in total. The highest BCUT2D eigenvalue weighted by molar-refractivity contribution is 7.92.